The zero-order valence-electron chi connectivity index (χ0n) is 6.30. The van der Waals surface area contributed by atoms with Crippen LogP contribution in [-0.2, 0) is 0 Å². The van der Waals surface area contributed by atoms with Crippen molar-refractivity contribution < 1.29 is 0 Å². The van der Waals surface area contributed by atoms with E-state index in [9.17, 15) is 0 Å². The van der Waals surface area contributed by atoms with Crippen molar-refractivity contribution in [2.24, 2.45) is 0 Å². The molecule has 0 spiro atoms. The fourth-order valence-electron chi connectivity index (χ4n) is 0.950. The minimum absolute atomic E-state index is 1.18. The van der Waals surface area contributed by atoms with Gasteiger partial charge in [-0.1, -0.05) is 18.2 Å². The molecule has 0 heterocycles. The Labute approximate surface area is 62.1 Å². The number of hydrogen-bond acceptors (Lipinski definition) is 1. The van der Waals surface area contributed by atoms with Crippen molar-refractivity contribution in [1.29, 1.82) is 0 Å². The maximum atomic E-state index is 2.97. The average molecular weight is 135 g/mol. The molecular weight excluding hydrogens is 122 g/mol. The Bertz CT molecular complexity index is 175. The topological polar surface area (TPSA) is 12.0 Å². The van der Waals surface area contributed by atoms with Crippen molar-refractivity contribution >= 4 is 0 Å². The Morgan fingerprint density at radius 2 is 2.50 bits per heavy atom. The van der Waals surface area contributed by atoms with Crippen molar-refractivity contribution in [3.63, 3.8) is 0 Å². The van der Waals surface area contributed by atoms with Crippen LogP contribution >= 0.6 is 0 Å². The fraction of sp³-hybridized carbons (Fsp3) is 0.333. The van der Waals surface area contributed by atoms with E-state index >= 15 is 0 Å². The van der Waals surface area contributed by atoms with E-state index in [1.807, 2.05) is 13.2 Å². The van der Waals surface area contributed by atoms with Gasteiger partial charge in [-0.05, 0) is 30.7 Å². The Kier molecular flexibility index (Phi) is 2.81. The number of hydrogen-bond donors (Lipinski definition) is 1. The van der Waals surface area contributed by atoms with E-state index in [0.29, 0.717) is 0 Å². The summed E-state index contributed by atoms with van der Waals surface area (Å²) in [6.45, 7) is 0. The van der Waals surface area contributed by atoms with E-state index in [1.54, 1.807) is 0 Å². The predicted octanol–water partition coefficient (Wildman–Crippen LogP) is 2.00. The van der Waals surface area contributed by atoms with Gasteiger partial charge in [0.1, 0.15) is 0 Å². The summed E-state index contributed by atoms with van der Waals surface area (Å²) < 4.78 is 0. The van der Waals surface area contributed by atoms with E-state index in [-0.39, 0.29) is 0 Å². The van der Waals surface area contributed by atoms with Gasteiger partial charge in [0.25, 0.3) is 0 Å². The lowest BCUT2D eigenvalue weighted by Crippen LogP contribution is -1.92. The first-order valence-electron chi connectivity index (χ1n) is 3.63. The lowest BCUT2D eigenvalue weighted by molar-refractivity contribution is 0.983. The maximum absolute atomic E-state index is 2.97. The van der Waals surface area contributed by atoms with Crippen molar-refractivity contribution in [2.75, 3.05) is 7.05 Å². The van der Waals surface area contributed by atoms with E-state index < -0.39 is 0 Å². The highest BCUT2D eigenvalue weighted by molar-refractivity contribution is 5.26. The molecule has 54 valence electrons. The van der Waals surface area contributed by atoms with Crippen LogP contribution < -0.4 is 5.32 Å². The summed E-state index contributed by atoms with van der Waals surface area (Å²) in [6.07, 6.45) is 12.9. The largest absolute Gasteiger partial charge is 0.394 e. The van der Waals surface area contributed by atoms with Crippen LogP contribution in [0.5, 0.6) is 0 Å². The van der Waals surface area contributed by atoms with Crippen LogP contribution in [0.4, 0.5) is 0 Å². The van der Waals surface area contributed by atoms with Gasteiger partial charge in [0.05, 0.1) is 0 Å². The van der Waals surface area contributed by atoms with Gasteiger partial charge in [-0.15, -0.1) is 0 Å². The zero-order valence-corrected chi connectivity index (χ0v) is 6.30. The molecule has 0 radical (unpaired) electrons. The highest BCUT2D eigenvalue weighted by atomic mass is 14.8. The predicted molar refractivity (Wildman–Crippen MR) is 44.7 cm³/mol. The van der Waals surface area contributed by atoms with Crippen molar-refractivity contribution in [3.8, 4) is 0 Å². The summed E-state index contributed by atoms with van der Waals surface area (Å²) in [6, 6.07) is 0. The Morgan fingerprint density at radius 3 is 3.10 bits per heavy atom. The van der Waals surface area contributed by atoms with Crippen molar-refractivity contribution in [2.45, 2.75) is 12.8 Å². The van der Waals surface area contributed by atoms with Gasteiger partial charge in [0.2, 0.25) is 0 Å². The number of rotatable bonds is 2. The first kappa shape index (κ1) is 7.13. The van der Waals surface area contributed by atoms with E-state index in [4.69, 9.17) is 0 Å². The van der Waals surface area contributed by atoms with Crippen LogP contribution in [0.25, 0.3) is 0 Å². The first-order chi connectivity index (χ1) is 4.93. The highest BCUT2D eigenvalue weighted by Crippen LogP contribution is 2.11. The highest BCUT2D eigenvalue weighted by Gasteiger charge is 1.92. The minimum atomic E-state index is 1.18. The molecule has 0 bridgehead atoms. The molecule has 0 aromatic heterocycles. The molecule has 0 atom stereocenters. The Hall–Kier alpha value is -0.980. The summed E-state index contributed by atoms with van der Waals surface area (Å²) in [5.41, 5.74) is 1.40. The van der Waals surface area contributed by atoms with Gasteiger partial charge in [-0.2, -0.15) is 0 Å². The molecule has 0 unspecified atom stereocenters. The van der Waals surface area contributed by atoms with Gasteiger partial charge >= 0.3 is 0 Å². The molecule has 0 saturated heterocycles. The molecule has 0 aromatic carbocycles. The molecule has 0 aromatic rings. The second-order valence-corrected chi connectivity index (χ2v) is 2.33. The van der Waals surface area contributed by atoms with Crippen LogP contribution in [0.1, 0.15) is 12.8 Å². The van der Waals surface area contributed by atoms with Crippen LogP contribution in [-0.4, -0.2) is 7.05 Å². The number of allylic oxidation sites excluding steroid dienone is 5. The second-order valence-electron chi connectivity index (χ2n) is 2.33. The van der Waals surface area contributed by atoms with Crippen molar-refractivity contribution in [3.05, 3.63) is 36.1 Å². The van der Waals surface area contributed by atoms with Gasteiger partial charge in [-0.3, -0.25) is 0 Å². The summed E-state index contributed by atoms with van der Waals surface area (Å²) in [5.74, 6) is 0. The van der Waals surface area contributed by atoms with Crippen LogP contribution in [0.2, 0.25) is 0 Å². The quantitative estimate of drug-likeness (QED) is 0.610. The molecular formula is C9H13N. The summed E-state index contributed by atoms with van der Waals surface area (Å²) >= 11 is 0. The van der Waals surface area contributed by atoms with E-state index in [0.717, 1.165) is 0 Å². The molecule has 0 amide bonds. The standard InChI is InChI=1S/C9H13N/c1-10-8-7-9-5-3-2-4-6-9/h2-3,5,7-8,10H,4,6H2,1H3/b8-7+. The maximum Gasteiger partial charge on any atom is 0.00277 e. The minimum Gasteiger partial charge on any atom is -0.394 e. The zero-order chi connectivity index (χ0) is 7.23. The van der Waals surface area contributed by atoms with Crippen LogP contribution in [0, 0.1) is 0 Å². The Balaban J connectivity index is 2.47. The lowest BCUT2D eigenvalue weighted by atomic mass is 10.1. The third-order valence-corrected chi connectivity index (χ3v) is 1.51. The molecule has 1 N–H and O–H groups in total. The summed E-state index contributed by atoms with van der Waals surface area (Å²) in [4.78, 5) is 0. The van der Waals surface area contributed by atoms with Gasteiger partial charge in [0, 0.05) is 7.05 Å². The fourth-order valence-corrected chi connectivity index (χ4v) is 0.950. The monoisotopic (exact) mass is 135 g/mol. The van der Waals surface area contributed by atoms with Gasteiger partial charge in [0.15, 0.2) is 0 Å². The first-order valence-corrected chi connectivity index (χ1v) is 3.63. The third-order valence-electron chi connectivity index (χ3n) is 1.51. The smallest absolute Gasteiger partial charge is 0.00277 e. The third kappa shape index (κ3) is 2.09. The second kappa shape index (κ2) is 3.94. The molecule has 1 aliphatic rings. The van der Waals surface area contributed by atoms with Gasteiger partial charge in [-0.25, -0.2) is 0 Å². The molecule has 0 fully saturated rings. The molecule has 1 aliphatic carbocycles. The summed E-state index contributed by atoms with van der Waals surface area (Å²) in [7, 11) is 1.91. The van der Waals surface area contributed by atoms with Crippen molar-refractivity contribution in [1.82, 2.24) is 5.32 Å². The van der Waals surface area contributed by atoms with Crippen LogP contribution in [0.15, 0.2) is 36.1 Å². The average Bonchev–Trinajstić information content (AvgIpc) is 2.03. The molecule has 0 saturated carbocycles. The molecule has 1 heteroatoms. The SMILES string of the molecule is CN/C=C/C1=CC=CCC1. The van der Waals surface area contributed by atoms with Gasteiger partial charge < -0.3 is 5.32 Å². The van der Waals surface area contributed by atoms with E-state index in [1.165, 1.54) is 18.4 Å². The molecule has 1 nitrogen and oxygen atoms in total. The number of nitrogens with one attached hydrogen (secondary N) is 1. The normalized spacial score (nSPS) is 17.5. The Morgan fingerprint density at radius 1 is 1.60 bits per heavy atom. The molecule has 1 rings (SSSR count). The van der Waals surface area contributed by atoms with Crippen LogP contribution in [0.3, 0.4) is 0 Å². The lowest BCUT2D eigenvalue weighted by Gasteiger charge is -2.01. The molecule has 10 heavy (non-hydrogen) atoms. The van der Waals surface area contributed by atoms with E-state index in [2.05, 4.69) is 29.6 Å². The summed E-state index contributed by atoms with van der Waals surface area (Å²) in [5, 5.41) is 2.97. The molecule has 0 aliphatic heterocycles.